The minimum Gasteiger partial charge on any atom is -0.466 e. The molecule has 2 aromatic heterocycles. The molecule has 37 heavy (non-hydrogen) atoms. The monoisotopic (exact) mass is 508 g/mol. The first-order valence-electron chi connectivity index (χ1n) is 13.0. The second kappa shape index (κ2) is 9.92. The molecule has 1 aliphatic rings. The Morgan fingerprint density at radius 2 is 1.95 bits per heavy atom. The van der Waals surface area contributed by atoms with Crippen molar-refractivity contribution in [3.8, 4) is 11.3 Å². The molecule has 7 heteroatoms. The van der Waals surface area contributed by atoms with Gasteiger partial charge in [-0.05, 0) is 69.6 Å². The standard InChI is InChI=1S/C30H37FN2O4/c1-8-36-26(34)13-19-11-12-33(30(6,7)17-19)28(35)25-16-24-27(37-25)21(29(3,4)5)15-23(32-24)20-10-9-18(2)22(31)14-20/h9-10,14-16,19H,8,11-13,17H2,1-7H3. The van der Waals surface area contributed by atoms with E-state index in [1.807, 2.05) is 30.9 Å². The van der Waals surface area contributed by atoms with Gasteiger partial charge in [0.2, 0.25) is 0 Å². The van der Waals surface area contributed by atoms with Crippen LogP contribution in [0.25, 0.3) is 22.4 Å². The van der Waals surface area contributed by atoms with Gasteiger partial charge in [-0.2, -0.15) is 0 Å². The van der Waals surface area contributed by atoms with Crippen LogP contribution in [0.3, 0.4) is 0 Å². The number of pyridine rings is 1. The van der Waals surface area contributed by atoms with Crippen LogP contribution >= 0.6 is 0 Å². The summed E-state index contributed by atoms with van der Waals surface area (Å²) < 4.78 is 25.6. The zero-order chi connectivity index (χ0) is 27.1. The third-order valence-corrected chi connectivity index (χ3v) is 7.25. The van der Waals surface area contributed by atoms with E-state index in [4.69, 9.17) is 14.1 Å². The number of amides is 1. The number of furan rings is 1. The number of hydrogen-bond donors (Lipinski definition) is 0. The first-order valence-corrected chi connectivity index (χ1v) is 13.0. The van der Waals surface area contributed by atoms with E-state index in [9.17, 15) is 14.0 Å². The van der Waals surface area contributed by atoms with Gasteiger partial charge in [-0.3, -0.25) is 9.59 Å². The highest BCUT2D eigenvalue weighted by atomic mass is 19.1. The van der Waals surface area contributed by atoms with E-state index in [2.05, 4.69) is 20.8 Å². The quantitative estimate of drug-likeness (QED) is 0.354. The molecular formula is C30H37FN2O4. The molecule has 0 radical (unpaired) electrons. The number of carbonyl (C=O) groups excluding carboxylic acids is 2. The van der Waals surface area contributed by atoms with E-state index < -0.39 is 5.54 Å². The molecule has 0 spiro atoms. The lowest BCUT2D eigenvalue weighted by atomic mass is 9.81. The molecule has 1 aliphatic heterocycles. The number of aromatic nitrogens is 1. The average Bonchev–Trinajstić information content (AvgIpc) is 3.23. The van der Waals surface area contributed by atoms with Crippen molar-refractivity contribution in [2.24, 2.45) is 5.92 Å². The molecule has 1 aromatic carbocycles. The number of ether oxygens (including phenoxy) is 1. The molecule has 3 aromatic rings. The fraction of sp³-hybridized carbons (Fsp3) is 0.500. The molecule has 6 nitrogen and oxygen atoms in total. The maximum absolute atomic E-state index is 14.3. The van der Waals surface area contributed by atoms with Crippen molar-refractivity contribution in [2.45, 2.75) is 78.7 Å². The third-order valence-electron chi connectivity index (χ3n) is 7.25. The number of benzene rings is 1. The molecule has 0 saturated carbocycles. The number of esters is 1. The van der Waals surface area contributed by atoms with Crippen LogP contribution in [0, 0.1) is 18.7 Å². The maximum atomic E-state index is 14.3. The summed E-state index contributed by atoms with van der Waals surface area (Å²) in [5, 5.41) is 0. The smallest absolute Gasteiger partial charge is 0.306 e. The van der Waals surface area contributed by atoms with Crippen molar-refractivity contribution in [2.75, 3.05) is 13.2 Å². The van der Waals surface area contributed by atoms with E-state index in [1.165, 1.54) is 6.07 Å². The first kappa shape index (κ1) is 26.8. The minimum atomic E-state index is -0.448. The van der Waals surface area contributed by atoms with Crippen molar-refractivity contribution in [1.82, 2.24) is 9.88 Å². The van der Waals surface area contributed by atoms with Gasteiger partial charge in [0, 0.05) is 35.7 Å². The molecule has 4 rings (SSSR count). The second-order valence-electron chi connectivity index (χ2n) is 11.7. The highest BCUT2D eigenvalue weighted by Gasteiger charge is 2.40. The van der Waals surface area contributed by atoms with E-state index in [-0.39, 0.29) is 34.8 Å². The first-order chi connectivity index (χ1) is 17.3. The number of carbonyl (C=O) groups is 2. The number of rotatable bonds is 5. The Morgan fingerprint density at radius 3 is 2.57 bits per heavy atom. The fourth-order valence-corrected chi connectivity index (χ4v) is 5.26. The minimum absolute atomic E-state index is 0.167. The SMILES string of the molecule is CCOC(=O)CC1CCN(C(=O)c2cc3nc(-c4ccc(C)c(F)c4)cc(C(C)(C)C)c3o2)C(C)(C)C1. The zero-order valence-electron chi connectivity index (χ0n) is 22.9. The van der Waals surface area contributed by atoms with E-state index >= 15 is 0 Å². The Hall–Kier alpha value is -3.22. The van der Waals surface area contributed by atoms with Gasteiger partial charge in [0.15, 0.2) is 11.3 Å². The Balaban J connectivity index is 1.67. The van der Waals surface area contributed by atoms with Crippen LogP contribution in [0.2, 0.25) is 0 Å². The second-order valence-corrected chi connectivity index (χ2v) is 11.7. The molecule has 198 valence electrons. The largest absolute Gasteiger partial charge is 0.466 e. The summed E-state index contributed by atoms with van der Waals surface area (Å²) in [5.74, 6) is -0.267. The zero-order valence-corrected chi connectivity index (χ0v) is 22.9. The lowest BCUT2D eigenvalue weighted by Crippen LogP contribution is -2.53. The molecule has 1 atom stereocenters. The van der Waals surface area contributed by atoms with Gasteiger partial charge < -0.3 is 14.1 Å². The van der Waals surface area contributed by atoms with Gasteiger partial charge in [-0.25, -0.2) is 9.37 Å². The van der Waals surface area contributed by atoms with Crippen LogP contribution in [-0.2, 0) is 14.9 Å². The summed E-state index contributed by atoms with van der Waals surface area (Å²) in [6.07, 6.45) is 1.79. The third kappa shape index (κ3) is 5.55. The lowest BCUT2D eigenvalue weighted by molar-refractivity contribution is -0.144. The van der Waals surface area contributed by atoms with Crippen LogP contribution in [0.1, 0.15) is 82.5 Å². The summed E-state index contributed by atoms with van der Waals surface area (Å²) in [4.78, 5) is 32.3. The molecule has 0 aliphatic carbocycles. The van der Waals surface area contributed by atoms with Crippen LogP contribution in [0.15, 0.2) is 34.7 Å². The van der Waals surface area contributed by atoms with Crippen LogP contribution < -0.4 is 0 Å². The van der Waals surface area contributed by atoms with E-state index in [0.717, 1.165) is 12.0 Å². The predicted molar refractivity (Wildman–Crippen MR) is 142 cm³/mol. The van der Waals surface area contributed by atoms with Crippen molar-refractivity contribution in [3.63, 3.8) is 0 Å². The highest BCUT2D eigenvalue weighted by Crippen LogP contribution is 2.38. The van der Waals surface area contributed by atoms with Gasteiger partial charge in [-0.15, -0.1) is 0 Å². The van der Waals surface area contributed by atoms with E-state index in [1.54, 1.807) is 26.0 Å². The fourth-order valence-electron chi connectivity index (χ4n) is 5.26. The van der Waals surface area contributed by atoms with Crippen molar-refractivity contribution in [3.05, 3.63) is 53.0 Å². The lowest BCUT2D eigenvalue weighted by Gasteiger charge is -2.45. The van der Waals surface area contributed by atoms with Crippen LogP contribution in [0.5, 0.6) is 0 Å². The van der Waals surface area contributed by atoms with Crippen molar-refractivity contribution >= 4 is 23.0 Å². The molecule has 0 bridgehead atoms. The molecule has 1 fully saturated rings. The van der Waals surface area contributed by atoms with Gasteiger partial charge in [0.25, 0.3) is 5.91 Å². The number of aryl methyl sites for hydroxylation is 1. The summed E-state index contributed by atoms with van der Waals surface area (Å²) in [6.45, 7) is 14.7. The summed E-state index contributed by atoms with van der Waals surface area (Å²) >= 11 is 0. The molecular weight excluding hydrogens is 471 g/mol. The Labute approximate surface area is 218 Å². The molecule has 1 amide bonds. The Morgan fingerprint density at radius 1 is 1.22 bits per heavy atom. The Bertz CT molecular complexity index is 1340. The van der Waals surface area contributed by atoms with Crippen molar-refractivity contribution < 1.29 is 23.1 Å². The van der Waals surface area contributed by atoms with E-state index in [0.29, 0.717) is 53.9 Å². The normalized spacial score (nSPS) is 17.7. The van der Waals surface area contributed by atoms with Gasteiger partial charge >= 0.3 is 5.97 Å². The number of hydrogen-bond acceptors (Lipinski definition) is 5. The number of fused-ring (bicyclic) bond motifs is 1. The predicted octanol–water partition coefficient (Wildman–Crippen LogP) is 6.82. The molecule has 0 N–H and O–H groups in total. The summed E-state index contributed by atoms with van der Waals surface area (Å²) in [5.41, 5.74) is 3.19. The molecule has 3 heterocycles. The number of halogens is 1. The molecule has 1 unspecified atom stereocenters. The van der Waals surface area contributed by atoms with Crippen LogP contribution in [-0.4, -0.2) is 40.5 Å². The topological polar surface area (TPSA) is 72.6 Å². The number of piperidine rings is 1. The number of nitrogens with zero attached hydrogens (tertiary/aromatic N) is 2. The van der Waals surface area contributed by atoms with Gasteiger partial charge in [-0.1, -0.05) is 32.9 Å². The van der Waals surface area contributed by atoms with Crippen molar-refractivity contribution in [1.29, 1.82) is 0 Å². The van der Waals surface area contributed by atoms with Crippen LogP contribution in [0.4, 0.5) is 4.39 Å². The summed E-state index contributed by atoms with van der Waals surface area (Å²) in [7, 11) is 0. The van der Waals surface area contributed by atoms with Gasteiger partial charge in [0.05, 0.1) is 12.3 Å². The molecule has 1 saturated heterocycles. The van der Waals surface area contributed by atoms with Gasteiger partial charge in [0.1, 0.15) is 11.3 Å². The highest BCUT2D eigenvalue weighted by molar-refractivity contribution is 5.97. The Kier molecular flexibility index (Phi) is 7.19. The summed E-state index contributed by atoms with van der Waals surface area (Å²) in [6, 6.07) is 8.71. The number of likely N-dealkylation sites (tertiary alicyclic amines) is 1. The average molecular weight is 509 g/mol. The maximum Gasteiger partial charge on any atom is 0.306 e.